The first-order chi connectivity index (χ1) is 16.4. The standard InChI is InChI=1S/C25H28F2N2O4S/c26-23-6-3-7-24(27)22(23)18-29(20-4-1-2-5-20)25(30)13-10-19-8-11-21(12-9-19)34(31,32)28-14-16-33-17-15-28/h3,6-13,20H,1-2,4-5,14-18H2. The van der Waals surface area contributed by atoms with Gasteiger partial charge in [-0.2, -0.15) is 4.31 Å². The Bertz CT molecular complexity index is 1120. The fourth-order valence-corrected chi connectivity index (χ4v) is 5.81. The molecule has 2 aromatic carbocycles. The van der Waals surface area contributed by atoms with Crippen LogP contribution >= 0.6 is 0 Å². The average Bonchev–Trinajstić information content (AvgIpc) is 3.38. The van der Waals surface area contributed by atoms with E-state index in [0.29, 0.717) is 31.9 Å². The molecule has 0 unspecified atom stereocenters. The zero-order valence-corrected chi connectivity index (χ0v) is 19.6. The first-order valence-electron chi connectivity index (χ1n) is 11.5. The number of carbonyl (C=O) groups excluding carboxylic acids is 1. The molecule has 0 atom stereocenters. The van der Waals surface area contributed by atoms with Gasteiger partial charge in [-0.25, -0.2) is 17.2 Å². The second-order valence-corrected chi connectivity index (χ2v) is 10.5. The van der Waals surface area contributed by atoms with Gasteiger partial charge in [0, 0.05) is 30.8 Å². The molecule has 182 valence electrons. The Balaban J connectivity index is 1.49. The summed E-state index contributed by atoms with van der Waals surface area (Å²) in [5.74, 6) is -1.67. The molecule has 2 aliphatic rings. The summed E-state index contributed by atoms with van der Waals surface area (Å²) >= 11 is 0. The lowest BCUT2D eigenvalue weighted by Crippen LogP contribution is -2.40. The maximum atomic E-state index is 14.2. The van der Waals surface area contributed by atoms with E-state index >= 15 is 0 Å². The Hall–Kier alpha value is -2.62. The van der Waals surface area contributed by atoms with E-state index in [1.165, 1.54) is 45.6 Å². The van der Waals surface area contributed by atoms with Gasteiger partial charge in [-0.15, -0.1) is 0 Å². The van der Waals surface area contributed by atoms with E-state index in [9.17, 15) is 22.0 Å². The topological polar surface area (TPSA) is 66.9 Å². The van der Waals surface area contributed by atoms with E-state index in [1.807, 2.05) is 0 Å². The van der Waals surface area contributed by atoms with Crippen LogP contribution in [0.25, 0.3) is 6.08 Å². The number of halogens is 2. The summed E-state index contributed by atoms with van der Waals surface area (Å²) < 4.78 is 60.6. The molecule has 1 amide bonds. The van der Waals surface area contributed by atoms with Gasteiger partial charge in [0.05, 0.1) is 24.7 Å². The molecule has 0 N–H and O–H groups in total. The summed E-state index contributed by atoms with van der Waals surface area (Å²) in [6.45, 7) is 1.24. The van der Waals surface area contributed by atoms with Gasteiger partial charge in [-0.1, -0.05) is 31.0 Å². The third kappa shape index (κ3) is 5.54. The molecule has 0 aromatic heterocycles. The van der Waals surface area contributed by atoms with Gasteiger partial charge in [-0.3, -0.25) is 4.79 Å². The van der Waals surface area contributed by atoms with Crippen molar-refractivity contribution >= 4 is 22.0 Å². The zero-order valence-electron chi connectivity index (χ0n) is 18.8. The van der Waals surface area contributed by atoms with Crippen LogP contribution in [0.15, 0.2) is 53.4 Å². The minimum absolute atomic E-state index is 0.0720. The number of hydrogen-bond acceptors (Lipinski definition) is 4. The van der Waals surface area contributed by atoms with Crippen LogP contribution in [0.2, 0.25) is 0 Å². The highest BCUT2D eigenvalue weighted by Gasteiger charge is 2.28. The minimum atomic E-state index is -3.59. The molecule has 0 spiro atoms. The SMILES string of the molecule is O=C(C=Cc1ccc(S(=O)(=O)N2CCOCC2)cc1)N(Cc1c(F)cccc1F)C1CCCC1. The molecule has 4 rings (SSSR count). The first-order valence-corrected chi connectivity index (χ1v) is 12.9. The Morgan fingerprint density at radius 1 is 1.03 bits per heavy atom. The Labute approximate surface area is 198 Å². The summed E-state index contributed by atoms with van der Waals surface area (Å²) in [7, 11) is -3.59. The number of benzene rings is 2. The lowest BCUT2D eigenvalue weighted by Gasteiger charge is -2.28. The molecule has 1 saturated heterocycles. The van der Waals surface area contributed by atoms with Crippen molar-refractivity contribution in [3.8, 4) is 0 Å². The molecular formula is C25H28F2N2O4S. The maximum Gasteiger partial charge on any atom is 0.247 e. The first kappa shape index (κ1) is 24.5. The summed E-state index contributed by atoms with van der Waals surface area (Å²) in [5, 5.41) is 0. The van der Waals surface area contributed by atoms with Crippen molar-refractivity contribution in [3.05, 3.63) is 71.3 Å². The van der Waals surface area contributed by atoms with Crippen molar-refractivity contribution in [2.24, 2.45) is 0 Å². The lowest BCUT2D eigenvalue weighted by atomic mass is 10.1. The number of hydrogen-bond donors (Lipinski definition) is 0. The smallest absolute Gasteiger partial charge is 0.247 e. The van der Waals surface area contributed by atoms with E-state index in [-0.39, 0.29) is 29.0 Å². The highest BCUT2D eigenvalue weighted by atomic mass is 32.2. The Morgan fingerprint density at radius 3 is 2.26 bits per heavy atom. The van der Waals surface area contributed by atoms with Gasteiger partial charge in [0.15, 0.2) is 0 Å². The lowest BCUT2D eigenvalue weighted by molar-refractivity contribution is -0.128. The Morgan fingerprint density at radius 2 is 1.65 bits per heavy atom. The van der Waals surface area contributed by atoms with Gasteiger partial charge in [0.25, 0.3) is 0 Å². The molecule has 0 radical (unpaired) electrons. The van der Waals surface area contributed by atoms with Crippen LogP contribution in [-0.4, -0.2) is 55.9 Å². The van der Waals surface area contributed by atoms with Gasteiger partial charge in [0.2, 0.25) is 15.9 Å². The summed E-state index contributed by atoms with van der Waals surface area (Å²) in [6.07, 6.45) is 6.50. The Kier molecular flexibility index (Phi) is 7.75. The van der Waals surface area contributed by atoms with Crippen LogP contribution in [0.1, 0.15) is 36.8 Å². The third-order valence-corrected chi connectivity index (χ3v) is 8.26. The van der Waals surface area contributed by atoms with Crippen LogP contribution in [-0.2, 0) is 26.1 Å². The fourth-order valence-electron chi connectivity index (χ4n) is 4.41. The van der Waals surface area contributed by atoms with Crippen molar-refractivity contribution < 1.29 is 26.7 Å². The molecule has 6 nitrogen and oxygen atoms in total. The van der Waals surface area contributed by atoms with Crippen LogP contribution in [0.4, 0.5) is 8.78 Å². The highest BCUT2D eigenvalue weighted by molar-refractivity contribution is 7.89. The van der Waals surface area contributed by atoms with Gasteiger partial charge >= 0.3 is 0 Å². The molecule has 1 heterocycles. The summed E-state index contributed by atoms with van der Waals surface area (Å²) in [6, 6.07) is 9.91. The van der Waals surface area contributed by atoms with E-state index < -0.39 is 21.7 Å². The minimum Gasteiger partial charge on any atom is -0.379 e. The summed E-state index contributed by atoms with van der Waals surface area (Å²) in [5.41, 5.74) is 0.534. The number of nitrogens with zero attached hydrogens (tertiary/aromatic N) is 2. The van der Waals surface area contributed by atoms with Crippen molar-refractivity contribution in [1.82, 2.24) is 9.21 Å². The van der Waals surface area contributed by atoms with E-state index in [2.05, 4.69) is 0 Å². The molecular weight excluding hydrogens is 462 g/mol. The highest BCUT2D eigenvalue weighted by Crippen LogP contribution is 2.27. The number of rotatable bonds is 7. The van der Waals surface area contributed by atoms with Crippen LogP contribution < -0.4 is 0 Å². The average molecular weight is 491 g/mol. The van der Waals surface area contributed by atoms with Crippen LogP contribution in [0.3, 0.4) is 0 Å². The van der Waals surface area contributed by atoms with Crippen LogP contribution in [0, 0.1) is 11.6 Å². The monoisotopic (exact) mass is 490 g/mol. The largest absolute Gasteiger partial charge is 0.379 e. The van der Waals surface area contributed by atoms with Crippen molar-refractivity contribution in [1.29, 1.82) is 0 Å². The fraction of sp³-hybridized carbons (Fsp3) is 0.400. The number of sulfonamides is 1. The van der Waals surface area contributed by atoms with Gasteiger partial charge in [0.1, 0.15) is 11.6 Å². The van der Waals surface area contributed by atoms with E-state index in [0.717, 1.165) is 25.7 Å². The predicted octanol–water partition coefficient (Wildman–Crippen LogP) is 3.97. The molecule has 1 saturated carbocycles. The van der Waals surface area contributed by atoms with Crippen molar-refractivity contribution in [3.63, 3.8) is 0 Å². The second kappa shape index (κ2) is 10.8. The molecule has 1 aliphatic carbocycles. The molecule has 34 heavy (non-hydrogen) atoms. The number of morpholine rings is 1. The third-order valence-electron chi connectivity index (χ3n) is 6.34. The van der Waals surface area contributed by atoms with Crippen molar-refractivity contribution in [2.45, 2.75) is 43.2 Å². The predicted molar refractivity (Wildman–Crippen MR) is 124 cm³/mol. The number of amides is 1. The molecule has 2 fully saturated rings. The van der Waals surface area contributed by atoms with Gasteiger partial charge < -0.3 is 9.64 Å². The van der Waals surface area contributed by atoms with Crippen molar-refractivity contribution in [2.75, 3.05) is 26.3 Å². The van der Waals surface area contributed by atoms with E-state index in [1.54, 1.807) is 18.2 Å². The number of ether oxygens (including phenoxy) is 1. The maximum absolute atomic E-state index is 14.2. The zero-order chi connectivity index (χ0) is 24.1. The van der Waals surface area contributed by atoms with Crippen LogP contribution in [0.5, 0.6) is 0 Å². The van der Waals surface area contributed by atoms with E-state index in [4.69, 9.17) is 4.74 Å². The quantitative estimate of drug-likeness (QED) is 0.551. The number of carbonyl (C=O) groups is 1. The molecule has 0 bridgehead atoms. The summed E-state index contributed by atoms with van der Waals surface area (Å²) in [4.78, 5) is 14.8. The normalized spacial score (nSPS) is 17.9. The van der Waals surface area contributed by atoms with Gasteiger partial charge in [-0.05, 0) is 48.7 Å². The second-order valence-electron chi connectivity index (χ2n) is 8.52. The molecule has 1 aliphatic heterocycles. The molecule has 2 aromatic rings. The molecule has 9 heteroatoms.